The summed E-state index contributed by atoms with van der Waals surface area (Å²) in [7, 11) is 0. The third-order valence-electron chi connectivity index (χ3n) is 6.04. The zero-order valence-corrected chi connectivity index (χ0v) is 16.6. The number of ether oxygens (including phenoxy) is 1. The third-order valence-corrected chi connectivity index (χ3v) is 6.04. The molecule has 2 aromatic rings. The number of likely N-dealkylation sites (tertiary alicyclic amines) is 1. The Bertz CT molecular complexity index is 1030. The average Bonchev–Trinajstić information content (AvgIpc) is 2.64. The Labute approximate surface area is 163 Å². The monoisotopic (exact) mass is 383 g/mol. The summed E-state index contributed by atoms with van der Waals surface area (Å²) in [5, 5.41) is 0.817. The van der Waals surface area contributed by atoms with E-state index in [4.69, 9.17) is 9.15 Å². The van der Waals surface area contributed by atoms with Crippen LogP contribution in [0, 0.1) is 6.92 Å². The molecule has 0 unspecified atom stereocenters. The van der Waals surface area contributed by atoms with Crippen molar-refractivity contribution < 1.29 is 18.7 Å². The van der Waals surface area contributed by atoms with Crippen LogP contribution in [0.1, 0.15) is 61.0 Å². The molecule has 0 N–H and O–H groups in total. The van der Waals surface area contributed by atoms with Crippen molar-refractivity contribution >= 4 is 22.7 Å². The highest BCUT2D eigenvalue weighted by Gasteiger charge is 2.44. The smallest absolute Gasteiger partial charge is 0.336 e. The average molecular weight is 383 g/mol. The summed E-state index contributed by atoms with van der Waals surface area (Å²) in [5.74, 6) is 0.623. The molecule has 1 aromatic heterocycles. The maximum absolute atomic E-state index is 13.1. The zero-order chi connectivity index (χ0) is 20.1. The van der Waals surface area contributed by atoms with Crippen LogP contribution >= 0.6 is 0 Å². The van der Waals surface area contributed by atoms with Crippen molar-refractivity contribution in [2.24, 2.45) is 0 Å². The van der Waals surface area contributed by atoms with E-state index in [2.05, 4.69) is 6.92 Å². The van der Waals surface area contributed by atoms with Crippen LogP contribution in [0.2, 0.25) is 0 Å². The number of Topliss-reactive ketones (excluding diaryl/α,β-unsaturated/α-hetero) is 1. The van der Waals surface area contributed by atoms with E-state index in [1.54, 1.807) is 11.8 Å². The first-order valence-corrected chi connectivity index (χ1v) is 9.91. The minimum absolute atomic E-state index is 0.0461. The Morgan fingerprint density at radius 1 is 1.21 bits per heavy atom. The van der Waals surface area contributed by atoms with E-state index in [0.717, 1.165) is 23.8 Å². The van der Waals surface area contributed by atoms with Crippen LogP contribution in [-0.2, 0) is 11.2 Å². The second-order valence-corrected chi connectivity index (χ2v) is 7.99. The Hall–Kier alpha value is -2.63. The van der Waals surface area contributed by atoms with Gasteiger partial charge in [0.15, 0.2) is 5.78 Å². The first kappa shape index (κ1) is 18.7. The van der Waals surface area contributed by atoms with E-state index in [1.165, 1.54) is 6.07 Å². The number of hydrogen-bond donors (Lipinski definition) is 0. The van der Waals surface area contributed by atoms with E-state index in [0.29, 0.717) is 54.8 Å². The van der Waals surface area contributed by atoms with Gasteiger partial charge < -0.3 is 14.1 Å². The number of carbonyl (C=O) groups excluding carboxylic acids is 2. The van der Waals surface area contributed by atoms with Gasteiger partial charge in [-0.05, 0) is 25.0 Å². The van der Waals surface area contributed by atoms with Gasteiger partial charge in [0.1, 0.15) is 16.9 Å². The molecule has 0 bridgehead atoms. The third kappa shape index (κ3) is 3.01. The fourth-order valence-electron chi connectivity index (χ4n) is 4.47. The highest BCUT2D eigenvalue weighted by molar-refractivity contribution is 6.05. The number of aryl methyl sites for hydroxylation is 2. The fourth-order valence-corrected chi connectivity index (χ4v) is 4.47. The van der Waals surface area contributed by atoms with E-state index < -0.39 is 5.60 Å². The second-order valence-electron chi connectivity index (χ2n) is 7.99. The van der Waals surface area contributed by atoms with Gasteiger partial charge in [0.25, 0.3) is 0 Å². The van der Waals surface area contributed by atoms with E-state index in [-0.39, 0.29) is 17.3 Å². The van der Waals surface area contributed by atoms with Gasteiger partial charge >= 0.3 is 5.63 Å². The molecule has 0 atom stereocenters. The molecule has 0 aliphatic carbocycles. The minimum atomic E-state index is -0.588. The number of ketones is 1. The predicted molar refractivity (Wildman–Crippen MR) is 105 cm³/mol. The summed E-state index contributed by atoms with van der Waals surface area (Å²) in [5.41, 5.74) is 1.70. The number of rotatable bonds is 2. The SMILES string of the molecule is CCCc1cc(=O)oc2c(C)c3c(cc12)C(=O)CC1(CCN(C(C)=O)CC1)O3. The molecule has 2 aliphatic heterocycles. The van der Waals surface area contributed by atoms with Crippen molar-refractivity contribution in [2.45, 2.75) is 58.5 Å². The molecule has 28 heavy (non-hydrogen) atoms. The Morgan fingerprint density at radius 2 is 1.93 bits per heavy atom. The summed E-state index contributed by atoms with van der Waals surface area (Å²) in [6, 6.07) is 3.34. The largest absolute Gasteiger partial charge is 0.485 e. The number of piperidine rings is 1. The normalized spacial score (nSPS) is 18.2. The van der Waals surface area contributed by atoms with Crippen LogP contribution in [0.4, 0.5) is 0 Å². The van der Waals surface area contributed by atoms with Crippen molar-refractivity contribution in [3.63, 3.8) is 0 Å². The van der Waals surface area contributed by atoms with Crippen LogP contribution in [-0.4, -0.2) is 35.3 Å². The summed E-state index contributed by atoms with van der Waals surface area (Å²) < 4.78 is 11.9. The number of hydrogen-bond acceptors (Lipinski definition) is 5. The molecule has 6 nitrogen and oxygen atoms in total. The van der Waals surface area contributed by atoms with E-state index in [9.17, 15) is 14.4 Å². The van der Waals surface area contributed by atoms with Crippen LogP contribution in [0.5, 0.6) is 5.75 Å². The second kappa shape index (κ2) is 6.76. The van der Waals surface area contributed by atoms with Crippen LogP contribution in [0.15, 0.2) is 21.3 Å². The van der Waals surface area contributed by atoms with Gasteiger partial charge in [-0.2, -0.15) is 0 Å². The molecule has 1 aromatic carbocycles. The van der Waals surface area contributed by atoms with Crippen molar-refractivity contribution in [3.05, 3.63) is 39.2 Å². The molecular formula is C22H25NO5. The van der Waals surface area contributed by atoms with Crippen LogP contribution in [0.25, 0.3) is 11.0 Å². The van der Waals surface area contributed by atoms with Gasteiger partial charge in [-0.25, -0.2) is 4.79 Å². The molecule has 3 heterocycles. The number of benzene rings is 1. The lowest BCUT2D eigenvalue weighted by molar-refractivity contribution is -0.132. The van der Waals surface area contributed by atoms with Gasteiger partial charge in [0, 0.05) is 49.9 Å². The molecule has 4 rings (SSSR count). The van der Waals surface area contributed by atoms with Crippen molar-refractivity contribution in [2.75, 3.05) is 13.1 Å². The molecular weight excluding hydrogens is 358 g/mol. The van der Waals surface area contributed by atoms with Gasteiger partial charge in [-0.1, -0.05) is 13.3 Å². The first-order chi connectivity index (χ1) is 13.3. The van der Waals surface area contributed by atoms with Crippen LogP contribution < -0.4 is 10.4 Å². The lowest BCUT2D eigenvalue weighted by Crippen LogP contribution is -2.52. The fraction of sp³-hybridized carbons (Fsp3) is 0.500. The van der Waals surface area contributed by atoms with Crippen molar-refractivity contribution in [1.82, 2.24) is 4.90 Å². The first-order valence-electron chi connectivity index (χ1n) is 9.91. The molecule has 1 spiro atoms. The highest BCUT2D eigenvalue weighted by atomic mass is 16.5. The molecule has 1 amide bonds. The Kier molecular flexibility index (Phi) is 4.52. The summed E-state index contributed by atoms with van der Waals surface area (Å²) >= 11 is 0. The topological polar surface area (TPSA) is 76.8 Å². The number of fused-ring (bicyclic) bond motifs is 2. The molecule has 6 heteroatoms. The lowest BCUT2D eigenvalue weighted by atomic mass is 9.81. The van der Waals surface area contributed by atoms with Gasteiger partial charge in [-0.15, -0.1) is 0 Å². The van der Waals surface area contributed by atoms with Gasteiger partial charge in [0.05, 0.1) is 12.0 Å². The van der Waals surface area contributed by atoms with Gasteiger partial charge in [-0.3, -0.25) is 9.59 Å². The standard InChI is InChI=1S/C22H25NO5/c1-4-5-15-10-19(26)27-20-13(2)21-17(11-16(15)20)18(25)12-22(28-21)6-8-23(9-7-22)14(3)24/h10-11H,4-9,12H2,1-3H3. The summed E-state index contributed by atoms with van der Waals surface area (Å²) in [4.78, 5) is 38.5. The van der Waals surface area contributed by atoms with Crippen molar-refractivity contribution in [1.29, 1.82) is 0 Å². The Balaban J connectivity index is 1.79. The summed E-state index contributed by atoms with van der Waals surface area (Å²) in [6.45, 7) is 6.63. The van der Waals surface area contributed by atoms with Crippen LogP contribution in [0.3, 0.4) is 0 Å². The maximum atomic E-state index is 13.1. The maximum Gasteiger partial charge on any atom is 0.336 e. The number of nitrogens with zero attached hydrogens (tertiary/aromatic N) is 1. The molecule has 1 fully saturated rings. The molecule has 148 valence electrons. The van der Waals surface area contributed by atoms with Crippen molar-refractivity contribution in [3.8, 4) is 5.75 Å². The molecule has 1 saturated heterocycles. The minimum Gasteiger partial charge on any atom is -0.485 e. The molecule has 0 saturated carbocycles. The zero-order valence-electron chi connectivity index (χ0n) is 16.6. The predicted octanol–water partition coefficient (Wildman–Crippen LogP) is 3.40. The Morgan fingerprint density at radius 3 is 2.57 bits per heavy atom. The van der Waals surface area contributed by atoms with Gasteiger partial charge in [0.2, 0.25) is 5.91 Å². The number of amides is 1. The van der Waals surface area contributed by atoms with E-state index in [1.807, 2.05) is 13.0 Å². The highest BCUT2D eigenvalue weighted by Crippen LogP contribution is 2.43. The lowest BCUT2D eigenvalue weighted by Gasteiger charge is -2.44. The number of carbonyl (C=O) groups is 2. The summed E-state index contributed by atoms with van der Waals surface area (Å²) in [6.07, 6.45) is 3.20. The quantitative estimate of drug-likeness (QED) is 0.743. The molecule has 2 aliphatic rings. The molecule has 0 radical (unpaired) electrons. The van der Waals surface area contributed by atoms with E-state index >= 15 is 0 Å².